The van der Waals surface area contributed by atoms with Crippen LogP contribution in [0.25, 0.3) is 6.08 Å². The fraction of sp³-hybridized carbons (Fsp3) is 0.357. The van der Waals surface area contributed by atoms with Crippen LogP contribution in [0.3, 0.4) is 0 Å². The minimum absolute atomic E-state index is 0.0341. The van der Waals surface area contributed by atoms with Crippen molar-refractivity contribution in [3.63, 3.8) is 0 Å². The van der Waals surface area contributed by atoms with E-state index in [1.807, 2.05) is 24.3 Å². The average Bonchev–Trinajstić information content (AvgIpc) is 3.82. The molecular weight excluding hydrogens is 708 g/mol. The lowest BCUT2D eigenvalue weighted by atomic mass is 9.90. The number of carbonyl (C=O) groups excluding carboxylic acids is 5. The van der Waals surface area contributed by atoms with Crippen molar-refractivity contribution in [3.8, 4) is 0 Å². The summed E-state index contributed by atoms with van der Waals surface area (Å²) < 4.78 is 29.8. The normalized spacial score (nSPS) is 23.0. The van der Waals surface area contributed by atoms with Crippen LogP contribution >= 0.6 is 0 Å². The summed E-state index contributed by atoms with van der Waals surface area (Å²) >= 11 is 0. The summed E-state index contributed by atoms with van der Waals surface area (Å²) in [5.74, 6) is -3.82. The maximum atomic E-state index is 13.9. The van der Waals surface area contributed by atoms with Crippen LogP contribution in [0.1, 0.15) is 63.2 Å². The van der Waals surface area contributed by atoms with Crippen LogP contribution in [0.4, 0.5) is 0 Å². The lowest BCUT2D eigenvalue weighted by molar-refractivity contribution is -0.172. The van der Waals surface area contributed by atoms with Crippen LogP contribution in [-0.4, -0.2) is 84.8 Å². The molecule has 0 bridgehead atoms. The van der Waals surface area contributed by atoms with Gasteiger partial charge in [0.2, 0.25) is 12.0 Å². The van der Waals surface area contributed by atoms with Gasteiger partial charge in [-0.15, -0.1) is 0 Å². The van der Waals surface area contributed by atoms with Crippen LogP contribution in [0.15, 0.2) is 90.5 Å². The third-order valence-corrected chi connectivity index (χ3v) is 10.1. The molecule has 2 aliphatic heterocycles. The number of amides is 2. The average molecular weight is 751 g/mol. The van der Waals surface area contributed by atoms with Crippen LogP contribution in [0.2, 0.25) is 0 Å². The SMILES string of the molecule is CC1(C)COC(=O)C1OC(=O)C=Cc1ccccc1C(=O)OC1CC(C(=O)NCc2cccc(C(=O)NCCO)c2)=CC2OC3(Cc4ccccc4C3)OC21. The van der Waals surface area contributed by atoms with E-state index in [9.17, 15) is 24.0 Å². The van der Waals surface area contributed by atoms with Gasteiger partial charge in [0.25, 0.3) is 5.91 Å². The van der Waals surface area contributed by atoms with Crippen molar-refractivity contribution in [2.45, 2.75) is 69.9 Å². The molecule has 2 heterocycles. The molecule has 13 nitrogen and oxygen atoms in total. The molecule has 2 amide bonds. The molecule has 1 spiro atoms. The number of esters is 3. The van der Waals surface area contributed by atoms with E-state index in [4.69, 9.17) is 28.8 Å². The molecule has 0 radical (unpaired) electrons. The van der Waals surface area contributed by atoms with E-state index in [1.54, 1.807) is 68.5 Å². The number of benzene rings is 3. The summed E-state index contributed by atoms with van der Waals surface area (Å²) in [4.78, 5) is 64.9. The first-order valence-electron chi connectivity index (χ1n) is 18.2. The zero-order valence-corrected chi connectivity index (χ0v) is 30.4. The van der Waals surface area contributed by atoms with Gasteiger partial charge in [0.15, 0.2) is 5.79 Å². The third-order valence-electron chi connectivity index (χ3n) is 10.1. The molecule has 55 heavy (non-hydrogen) atoms. The number of fused-ring (bicyclic) bond motifs is 2. The van der Waals surface area contributed by atoms with Gasteiger partial charge in [0.05, 0.1) is 12.2 Å². The summed E-state index contributed by atoms with van der Waals surface area (Å²) in [7, 11) is 0. The Hall–Kier alpha value is -5.63. The second-order valence-corrected chi connectivity index (χ2v) is 14.7. The third kappa shape index (κ3) is 8.24. The van der Waals surface area contributed by atoms with Crippen LogP contribution < -0.4 is 10.6 Å². The van der Waals surface area contributed by atoms with E-state index in [-0.39, 0.29) is 44.2 Å². The maximum Gasteiger partial charge on any atom is 0.348 e. The predicted octanol–water partition coefficient (Wildman–Crippen LogP) is 3.37. The highest BCUT2D eigenvalue weighted by atomic mass is 16.8. The van der Waals surface area contributed by atoms with Crippen LogP contribution in [-0.2, 0) is 57.5 Å². The minimum atomic E-state index is -1.05. The molecule has 2 saturated heterocycles. The van der Waals surface area contributed by atoms with Gasteiger partial charge in [0.1, 0.15) is 24.9 Å². The highest BCUT2D eigenvalue weighted by Crippen LogP contribution is 2.45. The maximum absolute atomic E-state index is 13.9. The van der Waals surface area contributed by atoms with Gasteiger partial charge >= 0.3 is 17.9 Å². The number of aliphatic hydroxyl groups is 1. The van der Waals surface area contributed by atoms with Crippen LogP contribution in [0, 0.1) is 5.41 Å². The van der Waals surface area contributed by atoms with Crippen molar-refractivity contribution >= 4 is 35.8 Å². The fourth-order valence-corrected chi connectivity index (χ4v) is 7.33. The van der Waals surface area contributed by atoms with Gasteiger partial charge in [0, 0.05) is 55.0 Å². The largest absolute Gasteiger partial charge is 0.462 e. The quantitative estimate of drug-likeness (QED) is 0.149. The first kappa shape index (κ1) is 37.7. The van der Waals surface area contributed by atoms with E-state index < -0.39 is 59.4 Å². The summed E-state index contributed by atoms with van der Waals surface area (Å²) in [6.07, 6.45) is 1.93. The smallest absolute Gasteiger partial charge is 0.348 e. The molecule has 7 rings (SSSR count). The first-order valence-corrected chi connectivity index (χ1v) is 18.2. The Balaban J connectivity index is 1.08. The number of nitrogens with one attached hydrogen (secondary N) is 2. The fourth-order valence-electron chi connectivity index (χ4n) is 7.33. The Bertz CT molecular complexity index is 2050. The summed E-state index contributed by atoms with van der Waals surface area (Å²) in [5, 5.41) is 14.6. The molecule has 4 aliphatic rings. The van der Waals surface area contributed by atoms with Gasteiger partial charge in [-0.05, 0) is 52.6 Å². The van der Waals surface area contributed by atoms with E-state index in [2.05, 4.69) is 10.6 Å². The Morgan fingerprint density at radius 2 is 1.65 bits per heavy atom. The molecule has 4 atom stereocenters. The zero-order valence-electron chi connectivity index (χ0n) is 30.4. The van der Waals surface area contributed by atoms with Crippen molar-refractivity contribution in [2.24, 2.45) is 5.41 Å². The van der Waals surface area contributed by atoms with E-state index >= 15 is 0 Å². The summed E-state index contributed by atoms with van der Waals surface area (Å²) in [5.41, 5.74) is 3.46. The van der Waals surface area contributed by atoms with Crippen molar-refractivity contribution in [3.05, 3.63) is 124 Å². The van der Waals surface area contributed by atoms with Gasteiger partial charge in [-0.25, -0.2) is 14.4 Å². The zero-order chi connectivity index (χ0) is 38.7. The van der Waals surface area contributed by atoms with E-state index in [1.165, 1.54) is 6.08 Å². The molecule has 0 saturated carbocycles. The lowest BCUT2D eigenvalue weighted by Crippen LogP contribution is -2.43. The van der Waals surface area contributed by atoms with Gasteiger partial charge in [-0.1, -0.05) is 68.4 Å². The Morgan fingerprint density at radius 1 is 0.909 bits per heavy atom. The number of cyclic esters (lactones) is 1. The first-order chi connectivity index (χ1) is 26.4. The number of hydrogen-bond donors (Lipinski definition) is 3. The number of ether oxygens (including phenoxy) is 5. The Labute approximate surface area is 317 Å². The second-order valence-electron chi connectivity index (χ2n) is 14.7. The van der Waals surface area contributed by atoms with Crippen molar-refractivity contribution in [1.82, 2.24) is 10.6 Å². The highest BCUT2D eigenvalue weighted by Gasteiger charge is 2.55. The van der Waals surface area contributed by atoms with Gasteiger partial charge in [-0.3, -0.25) is 9.59 Å². The molecule has 2 fully saturated rings. The number of hydrogen-bond acceptors (Lipinski definition) is 11. The molecule has 3 aromatic rings. The number of carbonyl (C=O) groups is 5. The number of aliphatic hydroxyl groups excluding tert-OH is 1. The van der Waals surface area contributed by atoms with Crippen molar-refractivity contribution < 1.29 is 52.8 Å². The van der Waals surface area contributed by atoms with Gasteiger partial charge < -0.3 is 39.4 Å². The molecule has 286 valence electrons. The molecule has 3 aromatic carbocycles. The minimum Gasteiger partial charge on any atom is -0.462 e. The molecule has 13 heteroatoms. The van der Waals surface area contributed by atoms with Gasteiger partial charge in [-0.2, -0.15) is 0 Å². The second kappa shape index (κ2) is 15.6. The highest BCUT2D eigenvalue weighted by molar-refractivity contribution is 5.97. The van der Waals surface area contributed by atoms with E-state index in [0.717, 1.165) is 17.2 Å². The lowest BCUT2D eigenvalue weighted by Gasteiger charge is -2.30. The Morgan fingerprint density at radius 3 is 2.38 bits per heavy atom. The number of rotatable bonds is 11. The summed E-state index contributed by atoms with van der Waals surface area (Å²) in [6, 6.07) is 21.3. The molecule has 3 N–H and O–H groups in total. The van der Waals surface area contributed by atoms with Crippen LogP contribution in [0.5, 0.6) is 0 Å². The standard InChI is InChI=1S/C42H42N2O11/c1-41(2)24-51-40(50)36(41)53-34(46)15-14-26-9-5-6-13-31(26)39(49)52-32-19-30(38(48)44-23-25-8-7-12-27(18-25)37(47)43-16-17-45)20-33-35(32)55-42(54-33)21-28-10-3-4-11-29(28)22-42/h3-15,18,20,32-33,35-36,45H,16-17,19,21-24H2,1-2H3,(H,43,47)(H,44,48). The molecule has 2 aliphatic carbocycles. The molecular formula is C42H42N2O11. The molecule has 4 unspecified atom stereocenters. The molecule has 0 aromatic heterocycles. The topological polar surface area (TPSA) is 176 Å². The van der Waals surface area contributed by atoms with Crippen molar-refractivity contribution in [2.75, 3.05) is 19.8 Å². The van der Waals surface area contributed by atoms with Crippen molar-refractivity contribution in [1.29, 1.82) is 0 Å². The predicted molar refractivity (Wildman–Crippen MR) is 196 cm³/mol. The summed E-state index contributed by atoms with van der Waals surface area (Å²) in [6.45, 7) is 3.72. The Kier molecular flexibility index (Phi) is 10.7. The van der Waals surface area contributed by atoms with E-state index in [0.29, 0.717) is 35.1 Å². The monoisotopic (exact) mass is 750 g/mol.